The number of hydrogen-bond acceptors (Lipinski definition) is 5. The van der Waals surface area contributed by atoms with Crippen LogP contribution in [0.25, 0.3) is 0 Å². The predicted molar refractivity (Wildman–Crippen MR) is 114 cm³/mol. The van der Waals surface area contributed by atoms with Crippen LogP contribution in [0.4, 0.5) is 5.95 Å². The Balaban J connectivity index is 1.71. The molecule has 1 N–H and O–H groups in total. The molecule has 0 aliphatic rings. The lowest BCUT2D eigenvalue weighted by atomic mass is 10.2. The average Bonchev–Trinajstić information content (AvgIpc) is 2.76. The molecule has 0 fully saturated rings. The van der Waals surface area contributed by atoms with Crippen molar-refractivity contribution in [3.63, 3.8) is 0 Å². The van der Waals surface area contributed by atoms with Crippen molar-refractivity contribution in [2.75, 3.05) is 18.6 Å². The molecule has 6 nitrogen and oxygen atoms in total. The van der Waals surface area contributed by atoms with E-state index in [1.807, 2.05) is 49.4 Å². The topological polar surface area (TPSA) is 67.4 Å². The van der Waals surface area contributed by atoms with Crippen LogP contribution in [0.1, 0.15) is 34.2 Å². The summed E-state index contributed by atoms with van der Waals surface area (Å²) in [5.41, 5.74) is 3.29. The number of benzene rings is 2. The minimum absolute atomic E-state index is 0.219. The van der Waals surface area contributed by atoms with Crippen LogP contribution >= 0.6 is 0 Å². The number of carbonyl (C=O) groups excluding carboxylic acids is 1. The van der Waals surface area contributed by atoms with Gasteiger partial charge < -0.3 is 15.0 Å². The van der Waals surface area contributed by atoms with E-state index in [0.29, 0.717) is 24.7 Å². The van der Waals surface area contributed by atoms with Gasteiger partial charge in [0.1, 0.15) is 11.4 Å². The van der Waals surface area contributed by atoms with Crippen LogP contribution in [0.3, 0.4) is 0 Å². The summed E-state index contributed by atoms with van der Waals surface area (Å²) in [7, 11) is 1.63. The first-order valence-corrected chi connectivity index (χ1v) is 9.64. The van der Waals surface area contributed by atoms with Crippen LogP contribution in [0, 0.1) is 6.92 Å². The fourth-order valence-corrected chi connectivity index (χ4v) is 2.95. The third-order valence-corrected chi connectivity index (χ3v) is 4.57. The third-order valence-electron chi connectivity index (χ3n) is 4.57. The Kier molecular flexibility index (Phi) is 6.79. The highest BCUT2D eigenvalue weighted by Crippen LogP contribution is 2.15. The van der Waals surface area contributed by atoms with Gasteiger partial charge in [0.2, 0.25) is 5.95 Å². The number of methoxy groups -OCH3 is 1. The summed E-state index contributed by atoms with van der Waals surface area (Å²) in [6.45, 7) is 5.78. The molecule has 1 aromatic heterocycles. The summed E-state index contributed by atoms with van der Waals surface area (Å²) in [5.74, 6) is 1.13. The fraction of sp³-hybridized carbons (Fsp3) is 0.261. The number of ether oxygens (including phenoxy) is 1. The first-order valence-electron chi connectivity index (χ1n) is 9.64. The van der Waals surface area contributed by atoms with Gasteiger partial charge >= 0.3 is 0 Å². The van der Waals surface area contributed by atoms with Crippen molar-refractivity contribution >= 4 is 11.9 Å². The van der Waals surface area contributed by atoms with Crippen LogP contribution < -0.4 is 15.0 Å². The zero-order valence-corrected chi connectivity index (χ0v) is 17.1. The Labute approximate surface area is 171 Å². The van der Waals surface area contributed by atoms with Crippen molar-refractivity contribution in [3.05, 3.63) is 83.2 Å². The third kappa shape index (κ3) is 5.54. The molecule has 3 rings (SSSR count). The Morgan fingerprint density at radius 1 is 1.03 bits per heavy atom. The predicted octanol–water partition coefficient (Wildman–Crippen LogP) is 3.75. The molecule has 0 aliphatic carbocycles. The molecule has 0 saturated heterocycles. The lowest BCUT2D eigenvalue weighted by Gasteiger charge is -2.21. The molecule has 6 heteroatoms. The number of rotatable bonds is 8. The molecule has 0 bridgehead atoms. The summed E-state index contributed by atoms with van der Waals surface area (Å²) in [5, 5.41) is 2.93. The maximum Gasteiger partial charge on any atom is 0.270 e. The zero-order valence-electron chi connectivity index (χ0n) is 17.1. The molecule has 3 aromatic rings. The van der Waals surface area contributed by atoms with Crippen LogP contribution in [-0.2, 0) is 13.1 Å². The van der Waals surface area contributed by atoms with Crippen LogP contribution in [0.5, 0.6) is 5.75 Å². The molecule has 0 radical (unpaired) electrons. The van der Waals surface area contributed by atoms with E-state index in [0.717, 1.165) is 23.6 Å². The molecule has 150 valence electrons. The molecule has 2 aromatic carbocycles. The maximum atomic E-state index is 12.7. The van der Waals surface area contributed by atoms with E-state index in [9.17, 15) is 4.79 Å². The molecule has 0 saturated carbocycles. The number of carbonyl (C=O) groups is 1. The van der Waals surface area contributed by atoms with Gasteiger partial charge in [0.15, 0.2) is 0 Å². The van der Waals surface area contributed by atoms with Gasteiger partial charge in [0.05, 0.1) is 7.11 Å². The Bertz CT molecular complexity index is 943. The van der Waals surface area contributed by atoms with Gasteiger partial charge in [-0.2, -0.15) is 0 Å². The van der Waals surface area contributed by atoms with E-state index in [1.165, 1.54) is 5.56 Å². The number of aromatic nitrogens is 2. The smallest absolute Gasteiger partial charge is 0.270 e. The Hall–Kier alpha value is -3.41. The van der Waals surface area contributed by atoms with Gasteiger partial charge in [-0.3, -0.25) is 4.79 Å². The standard InChI is InChI=1S/C23H26N4O2/c1-4-27(16-19-8-6-5-7-9-19)23-25-17(2)14-21(26-23)22(28)24-15-18-10-12-20(29-3)13-11-18/h5-14H,4,15-16H2,1-3H3,(H,24,28). The zero-order chi connectivity index (χ0) is 20.6. The molecule has 0 atom stereocenters. The number of hydrogen-bond donors (Lipinski definition) is 1. The minimum atomic E-state index is -0.219. The highest BCUT2D eigenvalue weighted by atomic mass is 16.5. The van der Waals surface area contributed by atoms with E-state index < -0.39 is 0 Å². The van der Waals surface area contributed by atoms with E-state index in [-0.39, 0.29) is 5.91 Å². The Morgan fingerprint density at radius 3 is 2.41 bits per heavy atom. The van der Waals surface area contributed by atoms with Crippen LogP contribution in [0.15, 0.2) is 60.7 Å². The fourth-order valence-electron chi connectivity index (χ4n) is 2.95. The van der Waals surface area contributed by atoms with E-state index in [1.54, 1.807) is 13.2 Å². The summed E-state index contributed by atoms with van der Waals surface area (Å²) < 4.78 is 5.16. The SMILES string of the molecule is CCN(Cc1ccccc1)c1nc(C)cc(C(=O)NCc2ccc(OC)cc2)n1. The highest BCUT2D eigenvalue weighted by Gasteiger charge is 2.14. The number of amides is 1. The van der Waals surface area contributed by atoms with E-state index >= 15 is 0 Å². The largest absolute Gasteiger partial charge is 0.497 e. The number of anilines is 1. The van der Waals surface area contributed by atoms with Gasteiger partial charge in [0.25, 0.3) is 5.91 Å². The molecule has 1 heterocycles. The summed E-state index contributed by atoms with van der Waals surface area (Å²) in [4.78, 5) is 23.8. The number of nitrogens with one attached hydrogen (secondary N) is 1. The average molecular weight is 390 g/mol. The van der Waals surface area contributed by atoms with Crippen molar-refractivity contribution in [3.8, 4) is 5.75 Å². The van der Waals surface area contributed by atoms with Crippen molar-refractivity contribution in [1.29, 1.82) is 0 Å². The second-order valence-electron chi connectivity index (χ2n) is 6.73. The summed E-state index contributed by atoms with van der Waals surface area (Å²) in [6.07, 6.45) is 0. The van der Waals surface area contributed by atoms with Gasteiger partial charge in [-0.15, -0.1) is 0 Å². The molecular weight excluding hydrogens is 364 g/mol. The monoisotopic (exact) mass is 390 g/mol. The number of aryl methyl sites for hydroxylation is 1. The number of nitrogens with zero attached hydrogens (tertiary/aromatic N) is 3. The van der Waals surface area contributed by atoms with Gasteiger partial charge in [0, 0.05) is 25.3 Å². The minimum Gasteiger partial charge on any atom is -0.497 e. The first-order chi connectivity index (χ1) is 14.1. The van der Waals surface area contributed by atoms with Crippen molar-refractivity contribution in [2.45, 2.75) is 26.9 Å². The molecule has 1 amide bonds. The molecular formula is C23H26N4O2. The normalized spacial score (nSPS) is 10.4. The van der Waals surface area contributed by atoms with E-state index in [4.69, 9.17) is 4.74 Å². The van der Waals surface area contributed by atoms with Gasteiger partial charge in [-0.25, -0.2) is 9.97 Å². The first kappa shape index (κ1) is 20.3. The van der Waals surface area contributed by atoms with E-state index in [2.05, 4.69) is 39.2 Å². The van der Waals surface area contributed by atoms with Gasteiger partial charge in [-0.1, -0.05) is 42.5 Å². The van der Waals surface area contributed by atoms with Crippen molar-refractivity contribution < 1.29 is 9.53 Å². The van der Waals surface area contributed by atoms with Gasteiger partial charge in [-0.05, 0) is 43.2 Å². The molecule has 0 aliphatic heterocycles. The lowest BCUT2D eigenvalue weighted by Crippen LogP contribution is -2.28. The van der Waals surface area contributed by atoms with Crippen LogP contribution in [0.2, 0.25) is 0 Å². The highest BCUT2D eigenvalue weighted by molar-refractivity contribution is 5.92. The second-order valence-corrected chi connectivity index (χ2v) is 6.73. The maximum absolute atomic E-state index is 12.7. The quantitative estimate of drug-likeness (QED) is 0.634. The van der Waals surface area contributed by atoms with Crippen LogP contribution in [-0.4, -0.2) is 29.5 Å². The molecule has 0 unspecified atom stereocenters. The summed E-state index contributed by atoms with van der Waals surface area (Å²) in [6, 6.07) is 19.5. The lowest BCUT2D eigenvalue weighted by molar-refractivity contribution is 0.0945. The second kappa shape index (κ2) is 9.68. The van der Waals surface area contributed by atoms with Crippen molar-refractivity contribution in [1.82, 2.24) is 15.3 Å². The Morgan fingerprint density at radius 2 is 1.76 bits per heavy atom. The molecule has 0 spiro atoms. The summed E-state index contributed by atoms with van der Waals surface area (Å²) >= 11 is 0. The molecule has 29 heavy (non-hydrogen) atoms. The van der Waals surface area contributed by atoms with Crippen molar-refractivity contribution in [2.24, 2.45) is 0 Å².